The van der Waals surface area contributed by atoms with Gasteiger partial charge in [0.25, 0.3) is 5.56 Å². The first-order valence-electron chi connectivity index (χ1n) is 5.38. The molecule has 1 aromatic heterocycles. The first-order chi connectivity index (χ1) is 7.74. The SMILES string of the molecule is CCCc1[nH]n(-c2ccccc2)c(=O)c1N. The number of aryl methyl sites for hydroxylation is 1. The summed E-state index contributed by atoms with van der Waals surface area (Å²) in [6, 6.07) is 9.42. The molecule has 0 amide bonds. The van der Waals surface area contributed by atoms with E-state index in [4.69, 9.17) is 5.73 Å². The Morgan fingerprint density at radius 1 is 1.31 bits per heavy atom. The number of aromatic nitrogens is 2. The van der Waals surface area contributed by atoms with E-state index in [2.05, 4.69) is 12.0 Å². The lowest BCUT2D eigenvalue weighted by atomic mass is 10.2. The minimum absolute atomic E-state index is 0.172. The number of para-hydroxylation sites is 1. The van der Waals surface area contributed by atoms with Crippen molar-refractivity contribution in [1.82, 2.24) is 9.78 Å². The lowest BCUT2D eigenvalue weighted by molar-refractivity contribution is 0.794. The first-order valence-corrected chi connectivity index (χ1v) is 5.38. The van der Waals surface area contributed by atoms with Crippen LogP contribution in [0.1, 0.15) is 19.0 Å². The Balaban J connectivity index is 2.51. The van der Waals surface area contributed by atoms with Crippen LogP contribution in [0.3, 0.4) is 0 Å². The van der Waals surface area contributed by atoms with Crippen LogP contribution in [0.5, 0.6) is 0 Å². The minimum atomic E-state index is -0.172. The Labute approximate surface area is 93.7 Å². The molecular formula is C12H15N3O. The van der Waals surface area contributed by atoms with Gasteiger partial charge in [0.1, 0.15) is 5.69 Å². The fourth-order valence-corrected chi connectivity index (χ4v) is 1.69. The summed E-state index contributed by atoms with van der Waals surface area (Å²) in [5.41, 5.74) is 7.54. The lowest BCUT2D eigenvalue weighted by Gasteiger charge is -2.00. The van der Waals surface area contributed by atoms with Crippen molar-refractivity contribution in [3.05, 3.63) is 46.4 Å². The largest absolute Gasteiger partial charge is 0.393 e. The van der Waals surface area contributed by atoms with Gasteiger partial charge in [0.05, 0.1) is 11.4 Å². The zero-order valence-corrected chi connectivity index (χ0v) is 9.23. The summed E-state index contributed by atoms with van der Waals surface area (Å²) < 4.78 is 1.49. The summed E-state index contributed by atoms with van der Waals surface area (Å²) in [4.78, 5) is 11.9. The van der Waals surface area contributed by atoms with E-state index in [1.54, 1.807) is 0 Å². The quantitative estimate of drug-likeness (QED) is 0.821. The van der Waals surface area contributed by atoms with Crippen LogP contribution in [-0.4, -0.2) is 9.78 Å². The Morgan fingerprint density at radius 3 is 2.62 bits per heavy atom. The van der Waals surface area contributed by atoms with Gasteiger partial charge in [0.15, 0.2) is 0 Å². The van der Waals surface area contributed by atoms with E-state index in [1.165, 1.54) is 4.68 Å². The molecule has 84 valence electrons. The number of rotatable bonds is 3. The molecule has 0 atom stereocenters. The summed E-state index contributed by atoms with van der Waals surface area (Å²) in [6.07, 6.45) is 1.75. The molecule has 0 saturated heterocycles. The number of hydrogen-bond donors (Lipinski definition) is 2. The summed E-state index contributed by atoms with van der Waals surface area (Å²) in [6.45, 7) is 2.05. The normalized spacial score (nSPS) is 10.6. The van der Waals surface area contributed by atoms with Gasteiger partial charge >= 0.3 is 0 Å². The number of H-pyrrole nitrogens is 1. The van der Waals surface area contributed by atoms with Gasteiger partial charge in [0, 0.05) is 0 Å². The van der Waals surface area contributed by atoms with Crippen LogP contribution >= 0.6 is 0 Å². The Morgan fingerprint density at radius 2 is 2.00 bits per heavy atom. The molecule has 0 aliphatic heterocycles. The molecule has 4 nitrogen and oxygen atoms in total. The van der Waals surface area contributed by atoms with Gasteiger partial charge in [0.2, 0.25) is 0 Å². The van der Waals surface area contributed by atoms with Crippen molar-refractivity contribution in [3.63, 3.8) is 0 Å². The van der Waals surface area contributed by atoms with Crippen molar-refractivity contribution in [3.8, 4) is 5.69 Å². The van der Waals surface area contributed by atoms with Gasteiger partial charge in [-0.1, -0.05) is 31.5 Å². The van der Waals surface area contributed by atoms with Crippen LogP contribution in [-0.2, 0) is 6.42 Å². The van der Waals surface area contributed by atoms with Crippen LogP contribution in [0.4, 0.5) is 5.69 Å². The van der Waals surface area contributed by atoms with Gasteiger partial charge in [-0.25, -0.2) is 4.68 Å². The molecule has 0 radical (unpaired) electrons. The third-order valence-corrected chi connectivity index (χ3v) is 2.52. The number of benzene rings is 1. The van der Waals surface area contributed by atoms with E-state index in [0.717, 1.165) is 24.2 Å². The molecule has 0 spiro atoms. The molecule has 0 aliphatic carbocycles. The second-order valence-corrected chi connectivity index (χ2v) is 3.73. The molecule has 2 aromatic rings. The highest BCUT2D eigenvalue weighted by Gasteiger charge is 2.10. The van der Waals surface area contributed by atoms with Crippen molar-refractivity contribution >= 4 is 5.69 Å². The third-order valence-electron chi connectivity index (χ3n) is 2.52. The van der Waals surface area contributed by atoms with Crippen molar-refractivity contribution in [2.75, 3.05) is 5.73 Å². The molecule has 2 rings (SSSR count). The zero-order valence-electron chi connectivity index (χ0n) is 9.23. The Hall–Kier alpha value is -1.97. The van der Waals surface area contributed by atoms with Crippen LogP contribution in [0.15, 0.2) is 35.1 Å². The van der Waals surface area contributed by atoms with Crippen LogP contribution in [0, 0.1) is 0 Å². The number of aromatic amines is 1. The van der Waals surface area contributed by atoms with Crippen molar-refractivity contribution in [2.45, 2.75) is 19.8 Å². The maximum atomic E-state index is 11.9. The third kappa shape index (κ3) is 1.74. The monoisotopic (exact) mass is 217 g/mol. The standard InChI is InChI=1S/C12H15N3O/c1-2-6-10-11(13)12(16)15(14-10)9-7-4-3-5-8-9/h3-5,7-8,14H,2,6,13H2,1H3. The van der Waals surface area contributed by atoms with E-state index < -0.39 is 0 Å². The number of nitrogens with zero attached hydrogens (tertiary/aromatic N) is 1. The second kappa shape index (κ2) is 4.26. The van der Waals surface area contributed by atoms with Crippen molar-refractivity contribution < 1.29 is 0 Å². The van der Waals surface area contributed by atoms with Gasteiger partial charge in [-0.15, -0.1) is 0 Å². The number of nitrogens with two attached hydrogens (primary N) is 1. The molecular weight excluding hydrogens is 202 g/mol. The van der Waals surface area contributed by atoms with E-state index >= 15 is 0 Å². The number of hydrogen-bond acceptors (Lipinski definition) is 2. The highest BCUT2D eigenvalue weighted by Crippen LogP contribution is 2.10. The highest BCUT2D eigenvalue weighted by molar-refractivity contribution is 5.44. The molecule has 1 aromatic carbocycles. The number of anilines is 1. The molecule has 0 fully saturated rings. The smallest absolute Gasteiger partial charge is 0.294 e. The fraction of sp³-hybridized carbons (Fsp3) is 0.250. The lowest BCUT2D eigenvalue weighted by Crippen LogP contribution is -2.16. The molecule has 0 aliphatic rings. The zero-order chi connectivity index (χ0) is 11.5. The average Bonchev–Trinajstić information content (AvgIpc) is 2.59. The van der Waals surface area contributed by atoms with Crippen LogP contribution in [0.25, 0.3) is 5.69 Å². The Bertz CT molecular complexity index is 525. The van der Waals surface area contributed by atoms with Gasteiger partial charge in [-0.2, -0.15) is 0 Å². The maximum absolute atomic E-state index is 11.9. The molecule has 1 heterocycles. The molecule has 16 heavy (non-hydrogen) atoms. The van der Waals surface area contributed by atoms with Crippen LogP contribution < -0.4 is 11.3 Å². The van der Waals surface area contributed by atoms with Crippen molar-refractivity contribution in [1.29, 1.82) is 0 Å². The maximum Gasteiger partial charge on any atom is 0.294 e. The predicted octanol–water partition coefficient (Wildman–Crippen LogP) is 1.70. The summed E-state index contributed by atoms with van der Waals surface area (Å²) in [5.74, 6) is 0. The van der Waals surface area contributed by atoms with E-state index in [0.29, 0.717) is 5.69 Å². The van der Waals surface area contributed by atoms with Crippen LogP contribution in [0.2, 0.25) is 0 Å². The topological polar surface area (TPSA) is 63.8 Å². The predicted molar refractivity (Wildman–Crippen MR) is 64.8 cm³/mol. The van der Waals surface area contributed by atoms with E-state index in [1.807, 2.05) is 30.3 Å². The summed E-state index contributed by atoms with van der Waals surface area (Å²) in [7, 11) is 0. The van der Waals surface area contributed by atoms with Gasteiger partial charge < -0.3 is 5.73 Å². The minimum Gasteiger partial charge on any atom is -0.393 e. The average molecular weight is 217 g/mol. The molecule has 3 N–H and O–H groups in total. The van der Waals surface area contributed by atoms with Gasteiger partial charge in [-0.3, -0.25) is 9.89 Å². The molecule has 0 bridgehead atoms. The summed E-state index contributed by atoms with van der Waals surface area (Å²) in [5, 5.41) is 3.05. The summed E-state index contributed by atoms with van der Waals surface area (Å²) >= 11 is 0. The molecule has 0 saturated carbocycles. The van der Waals surface area contributed by atoms with E-state index in [-0.39, 0.29) is 5.56 Å². The number of nitrogens with one attached hydrogen (secondary N) is 1. The Kier molecular flexibility index (Phi) is 2.81. The number of nitrogen functional groups attached to an aromatic ring is 1. The van der Waals surface area contributed by atoms with Gasteiger partial charge in [-0.05, 0) is 18.6 Å². The van der Waals surface area contributed by atoms with E-state index in [9.17, 15) is 4.79 Å². The first kappa shape index (κ1) is 10.5. The highest BCUT2D eigenvalue weighted by atomic mass is 16.1. The molecule has 4 heteroatoms. The fourth-order valence-electron chi connectivity index (χ4n) is 1.69. The second-order valence-electron chi connectivity index (χ2n) is 3.73. The molecule has 0 unspecified atom stereocenters. The van der Waals surface area contributed by atoms with Crippen molar-refractivity contribution in [2.24, 2.45) is 0 Å².